The number of nitrogens with one attached hydrogen (secondary N) is 1. The summed E-state index contributed by atoms with van der Waals surface area (Å²) in [6.45, 7) is 1.96. The van der Waals surface area contributed by atoms with Gasteiger partial charge >= 0.3 is 0 Å². The number of hydrazone groups is 1. The van der Waals surface area contributed by atoms with E-state index < -0.39 is 0 Å². The van der Waals surface area contributed by atoms with E-state index in [9.17, 15) is 0 Å². The number of thiazole rings is 1. The minimum absolute atomic E-state index is 0.806. The SMILES string of the molecule is Cc1csc(NN=Cc2cccc(-n3cccc3)c2)n1. The maximum Gasteiger partial charge on any atom is 0.203 e. The van der Waals surface area contributed by atoms with Crippen LogP contribution in [0.25, 0.3) is 5.69 Å². The Morgan fingerprint density at radius 1 is 1.25 bits per heavy atom. The van der Waals surface area contributed by atoms with Crippen molar-refractivity contribution in [2.75, 3.05) is 5.43 Å². The predicted octanol–water partition coefficient (Wildman–Crippen LogP) is 3.69. The summed E-state index contributed by atoms with van der Waals surface area (Å²) in [5.41, 5.74) is 6.09. The second-order valence-corrected chi connectivity index (χ2v) is 5.21. The Morgan fingerprint density at radius 2 is 2.10 bits per heavy atom. The summed E-state index contributed by atoms with van der Waals surface area (Å²) in [6.07, 6.45) is 5.84. The molecule has 1 aromatic carbocycles. The molecule has 0 aliphatic heterocycles. The number of aryl methyl sites for hydroxylation is 1. The van der Waals surface area contributed by atoms with Crippen LogP contribution < -0.4 is 5.43 Å². The van der Waals surface area contributed by atoms with Gasteiger partial charge in [0.05, 0.1) is 11.9 Å². The highest BCUT2D eigenvalue weighted by atomic mass is 32.1. The van der Waals surface area contributed by atoms with Crippen LogP contribution in [0, 0.1) is 6.92 Å². The molecule has 1 N–H and O–H groups in total. The van der Waals surface area contributed by atoms with Crippen LogP contribution in [0.3, 0.4) is 0 Å². The van der Waals surface area contributed by atoms with Crippen molar-refractivity contribution in [3.63, 3.8) is 0 Å². The number of hydrogen-bond acceptors (Lipinski definition) is 4. The van der Waals surface area contributed by atoms with E-state index in [2.05, 4.69) is 32.2 Å². The summed E-state index contributed by atoms with van der Waals surface area (Å²) in [4.78, 5) is 4.29. The van der Waals surface area contributed by atoms with Gasteiger partial charge in [-0.15, -0.1) is 11.3 Å². The molecule has 3 aromatic rings. The third-order valence-electron chi connectivity index (χ3n) is 2.77. The van der Waals surface area contributed by atoms with Crippen LogP contribution in [0.1, 0.15) is 11.3 Å². The Kier molecular flexibility index (Phi) is 3.60. The van der Waals surface area contributed by atoms with Gasteiger partial charge in [-0.05, 0) is 36.8 Å². The third kappa shape index (κ3) is 2.95. The first kappa shape index (κ1) is 12.6. The van der Waals surface area contributed by atoms with Crippen LogP contribution in [-0.2, 0) is 0 Å². The molecule has 0 spiro atoms. The Bertz CT molecular complexity index is 713. The summed E-state index contributed by atoms with van der Waals surface area (Å²) in [5, 5.41) is 7.01. The quantitative estimate of drug-likeness (QED) is 0.586. The van der Waals surface area contributed by atoms with Crippen LogP contribution in [0.5, 0.6) is 0 Å². The van der Waals surface area contributed by atoms with Gasteiger partial charge in [0.25, 0.3) is 0 Å². The van der Waals surface area contributed by atoms with Crippen molar-refractivity contribution in [2.24, 2.45) is 5.10 Å². The molecule has 20 heavy (non-hydrogen) atoms. The van der Waals surface area contributed by atoms with E-state index in [0.29, 0.717) is 0 Å². The van der Waals surface area contributed by atoms with Crippen LogP contribution in [0.2, 0.25) is 0 Å². The fraction of sp³-hybridized carbons (Fsp3) is 0.0667. The minimum Gasteiger partial charge on any atom is -0.324 e. The van der Waals surface area contributed by atoms with Gasteiger partial charge in [-0.3, -0.25) is 5.43 Å². The molecular weight excluding hydrogens is 268 g/mol. The fourth-order valence-corrected chi connectivity index (χ4v) is 2.48. The Morgan fingerprint density at radius 3 is 2.85 bits per heavy atom. The summed E-state index contributed by atoms with van der Waals surface area (Å²) in [6, 6.07) is 12.2. The largest absolute Gasteiger partial charge is 0.324 e. The van der Waals surface area contributed by atoms with Crippen molar-refractivity contribution in [1.29, 1.82) is 0 Å². The molecule has 0 radical (unpaired) electrons. The zero-order valence-electron chi connectivity index (χ0n) is 11.0. The molecule has 0 unspecified atom stereocenters. The highest BCUT2D eigenvalue weighted by Crippen LogP contribution is 2.14. The highest BCUT2D eigenvalue weighted by molar-refractivity contribution is 7.13. The first-order valence-corrected chi connectivity index (χ1v) is 7.14. The van der Waals surface area contributed by atoms with Crippen molar-refractivity contribution in [3.8, 4) is 5.69 Å². The van der Waals surface area contributed by atoms with Crippen molar-refractivity contribution >= 4 is 22.7 Å². The molecule has 0 saturated heterocycles. The summed E-state index contributed by atoms with van der Waals surface area (Å²) >= 11 is 1.55. The number of aromatic nitrogens is 2. The summed E-state index contributed by atoms with van der Waals surface area (Å²) in [5.74, 6) is 0. The number of benzene rings is 1. The van der Waals surface area contributed by atoms with Crippen molar-refractivity contribution in [1.82, 2.24) is 9.55 Å². The van der Waals surface area contributed by atoms with Gasteiger partial charge in [0.1, 0.15) is 0 Å². The van der Waals surface area contributed by atoms with Gasteiger partial charge in [-0.1, -0.05) is 12.1 Å². The average Bonchev–Trinajstić information content (AvgIpc) is 3.11. The zero-order chi connectivity index (χ0) is 13.8. The van der Waals surface area contributed by atoms with E-state index in [0.717, 1.165) is 22.1 Å². The lowest BCUT2D eigenvalue weighted by Crippen LogP contribution is -1.93. The second-order valence-electron chi connectivity index (χ2n) is 4.35. The molecule has 3 rings (SSSR count). The number of anilines is 1. The smallest absolute Gasteiger partial charge is 0.203 e. The minimum atomic E-state index is 0.806. The van der Waals surface area contributed by atoms with E-state index in [1.54, 1.807) is 17.6 Å². The Labute approximate surface area is 121 Å². The molecule has 0 saturated carbocycles. The molecule has 100 valence electrons. The van der Waals surface area contributed by atoms with Crippen molar-refractivity contribution in [2.45, 2.75) is 6.92 Å². The number of rotatable bonds is 4. The lowest BCUT2D eigenvalue weighted by molar-refractivity contribution is 1.08. The standard InChI is InChI=1S/C15H14N4S/c1-12-11-20-15(17-12)18-16-10-13-5-4-6-14(9-13)19-7-2-3-8-19/h2-11H,1H3,(H,17,18). The van der Waals surface area contributed by atoms with Crippen LogP contribution in [0.4, 0.5) is 5.13 Å². The molecular formula is C15H14N4S. The normalized spacial score (nSPS) is 11.1. The Balaban J connectivity index is 1.73. The van der Waals surface area contributed by atoms with Gasteiger partial charge < -0.3 is 4.57 Å². The Hall–Kier alpha value is -2.40. The molecule has 0 fully saturated rings. The highest BCUT2D eigenvalue weighted by Gasteiger charge is 1.97. The van der Waals surface area contributed by atoms with Crippen molar-refractivity contribution < 1.29 is 0 Å². The predicted molar refractivity (Wildman–Crippen MR) is 83.8 cm³/mol. The van der Waals surface area contributed by atoms with Gasteiger partial charge in [-0.2, -0.15) is 5.10 Å². The van der Waals surface area contributed by atoms with E-state index in [4.69, 9.17) is 0 Å². The number of nitrogens with zero attached hydrogens (tertiary/aromatic N) is 3. The molecule has 2 aromatic heterocycles. The van der Waals surface area contributed by atoms with Gasteiger partial charge in [0.2, 0.25) is 5.13 Å². The molecule has 0 atom stereocenters. The van der Waals surface area contributed by atoms with Gasteiger partial charge in [-0.25, -0.2) is 4.98 Å². The van der Waals surface area contributed by atoms with Crippen LogP contribution in [-0.4, -0.2) is 15.8 Å². The van der Waals surface area contributed by atoms with E-state index in [1.165, 1.54) is 0 Å². The third-order valence-corrected chi connectivity index (χ3v) is 3.63. The van der Waals surface area contributed by atoms with Crippen molar-refractivity contribution in [3.05, 3.63) is 65.4 Å². The summed E-state index contributed by atoms with van der Waals surface area (Å²) in [7, 11) is 0. The molecule has 0 bridgehead atoms. The molecule has 2 heterocycles. The molecule has 5 heteroatoms. The first-order chi connectivity index (χ1) is 9.81. The van der Waals surface area contributed by atoms with E-state index >= 15 is 0 Å². The monoisotopic (exact) mass is 282 g/mol. The lowest BCUT2D eigenvalue weighted by Gasteiger charge is -2.03. The first-order valence-electron chi connectivity index (χ1n) is 6.26. The molecule has 0 aliphatic carbocycles. The lowest BCUT2D eigenvalue weighted by atomic mass is 10.2. The van der Waals surface area contributed by atoms with Crippen LogP contribution in [0.15, 0.2) is 59.3 Å². The maximum atomic E-state index is 4.29. The second kappa shape index (κ2) is 5.71. The fourth-order valence-electron chi connectivity index (χ4n) is 1.84. The number of hydrogen-bond donors (Lipinski definition) is 1. The maximum absolute atomic E-state index is 4.29. The molecule has 0 aliphatic rings. The zero-order valence-corrected chi connectivity index (χ0v) is 11.8. The average molecular weight is 282 g/mol. The van der Waals surface area contributed by atoms with Gasteiger partial charge in [0, 0.05) is 23.5 Å². The van der Waals surface area contributed by atoms with Crippen LogP contribution >= 0.6 is 11.3 Å². The van der Waals surface area contributed by atoms with E-state index in [1.807, 2.05) is 49.0 Å². The molecule has 0 amide bonds. The van der Waals surface area contributed by atoms with E-state index in [-0.39, 0.29) is 0 Å². The topological polar surface area (TPSA) is 42.2 Å². The van der Waals surface area contributed by atoms with Gasteiger partial charge in [0.15, 0.2) is 0 Å². The molecule has 4 nitrogen and oxygen atoms in total. The summed E-state index contributed by atoms with van der Waals surface area (Å²) < 4.78 is 2.06.